The van der Waals surface area contributed by atoms with Crippen molar-refractivity contribution in [1.29, 1.82) is 0 Å². The first-order valence-corrected chi connectivity index (χ1v) is 15.0. The highest BCUT2D eigenvalue weighted by molar-refractivity contribution is 7.17. The molecule has 3 aromatic rings. The molecule has 0 radical (unpaired) electrons. The van der Waals surface area contributed by atoms with Crippen LogP contribution < -0.4 is 14.4 Å². The fourth-order valence-corrected chi connectivity index (χ4v) is 6.12. The fraction of sp³-hybridized carbons (Fsp3) is 0.333. The van der Waals surface area contributed by atoms with Gasteiger partial charge in [0.15, 0.2) is 5.13 Å². The van der Waals surface area contributed by atoms with Gasteiger partial charge in [-0.2, -0.15) is 0 Å². The molecular formula is C33H34N2O7S. The largest absolute Gasteiger partial charge is 0.507 e. The monoisotopic (exact) mass is 602 g/mol. The van der Waals surface area contributed by atoms with Crippen LogP contribution in [0.3, 0.4) is 0 Å². The first-order chi connectivity index (χ1) is 20.6. The van der Waals surface area contributed by atoms with Gasteiger partial charge in [-0.25, -0.2) is 9.78 Å². The van der Waals surface area contributed by atoms with Crippen molar-refractivity contribution in [2.75, 3.05) is 18.1 Å². The number of ketones is 1. The maximum Gasteiger partial charge on any atom is 0.350 e. The highest BCUT2D eigenvalue weighted by Crippen LogP contribution is 2.45. The predicted octanol–water partition coefficient (Wildman–Crippen LogP) is 6.17. The number of nitrogens with zero attached hydrogens (tertiary/aromatic N) is 2. The Morgan fingerprint density at radius 2 is 2.05 bits per heavy atom. The Balaban J connectivity index is 1.62. The van der Waals surface area contributed by atoms with E-state index >= 15 is 0 Å². The van der Waals surface area contributed by atoms with E-state index < -0.39 is 23.7 Å². The van der Waals surface area contributed by atoms with Crippen LogP contribution in [0.15, 0.2) is 60.7 Å². The number of fused-ring (bicyclic) bond motifs is 1. The number of aliphatic hydroxyl groups is 1. The Morgan fingerprint density at radius 1 is 1.26 bits per heavy atom. The van der Waals surface area contributed by atoms with Crippen LogP contribution in [0.25, 0.3) is 5.76 Å². The molecule has 5 rings (SSSR count). The molecule has 1 aromatic heterocycles. The molecule has 0 bridgehead atoms. The molecule has 1 saturated heterocycles. The maximum atomic E-state index is 13.7. The number of aliphatic hydroxyl groups excluding tert-OH is 1. The van der Waals surface area contributed by atoms with Gasteiger partial charge in [-0.3, -0.25) is 14.5 Å². The van der Waals surface area contributed by atoms with Gasteiger partial charge in [0.2, 0.25) is 0 Å². The SMILES string of the molecule is C=CCOC(=O)c1sc(N2C(=O)C(=O)C(=C(O)c3ccc4c(c3)CC(C)O4)C2c2cccc(OCCC(C)C)c2)nc1C. The van der Waals surface area contributed by atoms with Crippen molar-refractivity contribution in [1.82, 2.24) is 4.98 Å². The molecule has 0 aliphatic carbocycles. The summed E-state index contributed by atoms with van der Waals surface area (Å²) < 4.78 is 17.0. The normalized spacial score (nSPS) is 19.0. The second-order valence-electron chi connectivity index (χ2n) is 11.0. The predicted molar refractivity (Wildman–Crippen MR) is 164 cm³/mol. The van der Waals surface area contributed by atoms with Gasteiger partial charge in [-0.1, -0.05) is 50.0 Å². The molecule has 224 valence electrons. The zero-order valence-electron chi connectivity index (χ0n) is 24.6. The Morgan fingerprint density at radius 3 is 2.79 bits per heavy atom. The van der Waals surface area contributed by atoms with Gasteiger partial charge in [0.1, 0.15) is 34.8 Å². The topological polar surface area (TPSA) is 115 Å². The molecule has 3 heterocycles. The number of Topliss-reactive ketones (excluding diaryl/α,β-unsaturated/α-hetero) is 1. The number of carbonyl (C=O) groups is 3. The molecule has 2 atom stereocenters. The van der Waals surface area contributed by atoms with Crippen LogP contribution in [-0.2, 0) is 20.7 Å². The van der Waals surface area contributed by atoms with Crippen LogP contribution in [0.4, 0.5) is 5.13 Å². The molecule has 0 spiro atoms. The van der Waals surface area contributed by atoms with E-state index in [-0.39, 0.29) is 34.1 Å². The van der Waals surface area contributed by atoms with Crippen molar-refractivity contribution in [3.63, 3.8) is 0 Å². The van der Waals surface area contributed by atoms with Crippen LogP contribution in [-0.4, -0.2) is 47.1 Å². The molecular weight excluding hydrogens is 568 g/mol. The standard InChI is InChI=1S/C33H34N2O7S/c1-6-13-41-32(39)30-20(5)34-33(43-30)35-27(21-8-7-9-24(17-21)40-14-12-18(2)3)26(29(37)31(35)38)28(36)22-10-11-25-23(16-22)15-19(4)42-25/h6-11,16-19,27,36H,1,12-15H2,2-5H3. The summed E-state index contributed by atoms with van der Waals surface area (Å²) in [7, 11) is 0. The van der Waals surface area contributed by atoms with Crippen molar-refractivity contribution in [3.05, 3.63) is 88.0 Å². The molecule has 1 fully saturated rings. The second-order valence-corrected chi connectivity index (χ2v) is 12.0. The number of thiazole rings is 1. The van der Waals surface area contributed by atoms with Crippen LogP contribution in [0.5, 0.6) is 11.5 Å². The first kappa shape index (κ1) is 30.0. The number of hydrogen-bond donors (Lipinski definition) is 1. The minimum atomic E-state index is -1.03. The van der Waals surface area contributed by atoms with Crippen molar-refractivity contribution in [2.24, 2.45) is 5.92 Å². The average Bonchev–Trinajstić information content (AvgIpc) is 3.62. The van der Waals surface area contributed by atoms with Crippen molar-refractivity contribution >= 4 is 39.9 Å². The second kappa shape index (κ2) is 12.4. The zero-order valence-corrected chi connectivity index (χ0v) is 25.4. The summed E-state index contributed by atoms with van der Waals surface area (Å²) in [6.45, 7) is 11.9. The number of carbonyl (C=O) groups excluding carboxylic acids is 3. The third-order valence-corrected chi connectivity index (χ3v) is 8.40. The molecule has 2 aromatic carbocycles. The minimum absolute atomic E-state index is 0.00285. The molecule has 10 heteroatoms. The minimum Gasteiger partial charge on any atom is -0.507 e. The van der Waals surface area contributed by atoms with Crippen LogP contribution in [0.2, 0.25) is 0 Å². The fourth-order valence-electron chi connectivity index (χ4n) is 5.13. The molecule has 1 amide bonds. The van der Waals surface area contributed by atoms with Crippen LogP contribution in [0.1, 0.15) is 65.3 Å². The van der Waals surface area contributed by atoms with Crippen molar-refractivity contribution < 1.29 is 33.7 Å². The Hall–Kier alpha value is -4.44. The summed E-state index contributed by atoms with van der Waals surface area (Å²) in [6, 6.07) is 11.3. The quantitative estimate of drug-likeness (QED) is 0.0964. The van der Waals surface area contributed by atoms with E-state index in [0.29, 0.717) is 41.5 Å². The van der Waals surface area contributed by atoms with Gasteiger partial charge >= 0.3 is 11.9 Å². The van der Waals surface area contributed by atoms with E-state index in [4.69, 9.17) is 14.2 Å². The molecule has 9 nitrogen and oxygen atoms in total. The van der Waals surface area contributed by atoms with Gasteiger partial charge in [0.05, 0.1) is 23.9 Å². The Labute approximate surface area is 254 Å². The van der Waals surface area contributed by atoms with Crippen LogP contribution in [0, 0.1) is 12.8 Å². The number of rotatable bonds is 10. The van der Waals surface area contributed by atoms with Gasteiger partial charge in [-0.05, 0) is 67.6 Å². The number of benzene rings is 2. The molecule has 1 N–H and O–H groups in total. The smallest absolute Gasteiger partial charge is 0.350 e. The highest BCUT2D eigenvalue weighted by Gasteiger charge is 2.48. The lowest BCUT2D eigenvalue weighted by atomic mass is 9.94. The third kappa shape index (κ3) is 6.06. The summed E-state index contributed by atoms with van der Waals surface area (Å²) in [5.74, 6) is -0.894. The van der Waals surface area contributed by atoms with E-state index in [1.807, 2.05) is 6.92 Å². The lowest BCUT2D eigenvalue weighted by Gasteiger charge is -2.23. The zero-order chi connectivity index (χ0) is 30.8. The molecule has 2 aliphatic rings. The Bertz CT molecular complexity index is 1620. The number of ether oxygens (including phenoxy) is 3. The van der Waals surface area contributed by atoms with Crippen molar-refractivity contribution in [3.8, 4) is 11.5 Å². The number of aromatic nitrogens is 1. The lowest BCUT2D eigenvalue weighted by Crippen LogP contribution is -2.29. The van der Waals surface area contributed by atoms with E-state index in [0.717, 1.165) is 29.1 Å². The number of esters is 1. The van der Waals surface area contributed by atoms with E-state index in [9.17, 15) is 19.5 Å². The van der Waals surface area contributed by atoms with Gasteiger partial charge in [-0.15, -0.1) is 0 Å². The first-order valence-electron chi connectivity index (χ1n) is 14.2. The van der Waals surface area contributed by atoms with Gasteiger partial charge in [0, 0.05) is 12.0 Å². The number of aryl methyl sites for hydroxylation is 1. The highest BCUT2D eigenvalue weighted by atomic mass is 32.1. The van der Waals surface area contributed by atoms with Gasteiger partial charge in [0.25, 0.3) is 5.78 Å². The Kier molecular flexibility index (Phi) is 8.68. The van der Waals surface area contributed by atoms with E-state index in [2.05, 4.69) is 25.4 Å². The van der Waals surface area contributed by atoms with E-state index in [1.54, 1.807) is 49.4 Å². The number of hydrogen-bond acceptors (Lipinski definition) is 9. The molecule has 43 heavy (non-hydrogen) atoms. The average molecular weight is 603 g/mol. The summed E-state index contributed by atoms with van der Waals surface area (Å²) in [5.41, 5.74) is 2.12. The summed E-state index contributed by atoms with van der Waals surface area (Å²) in [4.78, 5) is 46.0. The number of anilines is 1. The lowest BCUT2D eigenvalue weighted by molar-refractivity contribution is -0.132. The molecule has 0 saturated carbocycles. The van der Waals surface area contributed by atoms with E-state index in [1.165, 1.54) is 11.0 Å². The third-order valence-electron chi connectivity index (χ3n) is 7.26. The molecule has 2 unspecified atom stereocenters. The van der Waals surface area contributed by atoms with Crippen molar-refractivity contribution in [2.45, 2.75) is 52.7 Å². The summed E-state index contributed by atoms with van der Waals surface area (Å²) in [6.07, 6.45) is 2.96. The summed E-state index contributed by atoms with van der Waals surface area (Å²) in [5, 5.41) is 11.8. The van der Waals surface area contributed by atoms with Crippen LogP contribution >= 0.6 is 11.3 Å². The maximum absolute atomic E-state index is 13.7. The number of amides is 1. The summed E-state index contributed by atoms with van der Waals surface area (Å²) >= 11 is 0.948. The molecule has 2 aliphatic heterocycles. The van der Waals surface area contributed by atoms with Gasteiger partial charge < -0.3 is 19.3 Å².